The van der Waals surface area contributed by atoms with Gasteiger partial charge >= 0.3 is 0 Å². The number of nitrogens with one attached hydrogen (secondary N) is 1. The number of rotatable bonds is 4. The van der Waals surface area contributed by atoms with Crippen molar-refractivity contribution in [2.45, 2.75) is 9.92 Å². The zero-order valence-corrected chi connectivity index (χ0v) is 14.0. The fourth-order valence-electron chi connectivity index (χ4n) is 2.45. The number of aromatic nitrogens is 1. The molecule has 3 aromatic rings. The maximum absolute atomic E-state index is 13.0. The Kier molecular flexibility index (Phi) is 3.65. The van der Waals surface area contributed by atoms with Gasteiger partial charge in [0, 0.05) is 13.1 Å². The molecule has 1 aliphatic heterocycles. The van der Waals surface area contributed by atoms with Crippen LogP contribution in [0.5, 0.6) is 11.5 Å². The molecule has 1 N–H and O–H groups in total. The fourth-order valence-corrected chi connectivity index (χ4v) is 3.78. The van der Waals surface area contributed by atoms with E-state index >= 15 is 0 Å². The average Bonchev–Trinajstić information content (AvgIpc) is 3.30. The van der Waals surface area contributed by atoms with E-state index in [4.69, 9.17) is 18.3 Å². The predicted molar refractivity (Wildman–Crippen MR) is 86.6 cm³/mol. The molecule has 9 heteroatoms. The smallest absolute Gasteiger partial charge is 0.266 e. The first-order valence-corrected chi connectivity index (χ1v) is 8.95. The Morgan fingerprint density at radius 2 is 1.92 bits per heavy atom. The molecule has 0 saturated heterocycles. The zero-order valence-electron chi connectivity index (χ0n) is 13.2. The second-order valence-corrected chi connectivity index (χ2v) is 7.05. The van der Waals surface area contributed by atoms with E-state index in [1.165, 1.54) is 18.4 Å². The van der Waals surface area contributed by atoms with Crippen LogP contribution in [0.1, 0.15) is 0 Å². The second kappa shape index (κ2) is 5.85. The van der Waals surface area contributed by atoms with Gasteiger partial charge in [-0.25, -0.2) is 8.42 Å². The largest absolute Gasteiger partial charge is 0.486 e. The van der Waals surface area contributed by atoms with Gasteiger partial charge in [-0.15, -0.1) is 0 Å². The number of anilines is 1. The van der Waals surface area contributed by atoms with Crippen LogP contribution in [0.3, 0.4) is 0 Å². The fraction of sp³-hybridized carbons (Fsp3) is 0.188. The molecule has 0 saturated carbocycles. The summed E-state index contributed by atoms with van der Waals surface area (Å²) >= 11 is 0. The molecule has 0 fully saturated rings. The van der Waals surface area contributed by atoms with E-state index in [-0.39, 0.29) is 21.7 Å². The average molecular weight is 362 g/mol. The van der Waals surface area contributed by atoms with Crippen LogP contribution in [0.25, 0.3) is 11.7 Å². The molecule has 1 aliphatic rings. The number of fused-ring (bicyclic) bond motifs is 1. The standard InChI is InChI=1S/C16H14N2O6S/c1-17-15-16(18-14(24-15)12-3-2-6-21-12)25(19,20)10-4-5-11-13(9-10)23-8-7-22-11/h2-6,9,17H,7-8H2,1H3. The summed E-state index contributed by atoms with van der Waals surface area (Å²) < 4.78 is 47.5. The minimum Gasteiger partial charge on any atom is -0.486 e. The van der Waals surface area contributed by atoms with Crippen LogP contribution in [-0.4, -0.2) is 33.7 Å². The van der Waals surface area contributed by atoms with Crippen molar-refractivity contribution in [2.24, 2.45) is 0 Å². The maximum Gasteiger partial charge on any atom is 0.266 e. The molecule has 0 bridgehead atoms. The van der Waals surface area contributed by atoms with Crippen molar-refractivity contribution in [2.75, 3.05) is 25.6 Å². The first-order chi connectivity index (χ1) is 12.1. The number of hydrogen-bond acceptors (Lipinski definition) is 8. The molecule has 8 nitrogen and oxygen atoms in total. The highest BCUT2D eigenvalue weighted by atomic mass is 32.2. The number of hydrogen-bond donors (Lipinski definition) is 1. The summed E-state index contributed by atoms with van der Waals surface area (Å²) in [7, 11) is -2.38. The van der Waals surface area contributed by atoms with E-state index in [9.17, 15) is 8.42 Å². The van der Waals surface area contributed by atoms with Gasteiger partial charge in [0.25, 0.3) is 5.89 Å². The van der Waals surface area contributed by atoms with Gasteiger partial charge in [-0.3, -0.25) is 0 Å². The molecule has 3 heterocycles. The van der Waals surface area contributed by atoms with Crippen LogP contribution in [0.2, 0.25) is 0 Å². The zero-order chi connectivity index (χ0) is 17.4. The van der Waals surface area contributed by atoms with Crippen LogP contribution < -0.4 is 14.8 Å². The first kappa shape index (κ1) is 15.6. The first-order valence-electron chi connectivity index (χ1n) is 7.47. The lowest BCUT2D eigenvalue weighted by molar-refractivity contribution is 0.171. The lowest BCUT2D eigenvalue weighted by Gasteiger charge is -2.18. The third-order valence-corrected chi connectivity index (χ3v) is 5.29. The maximum atomic E-state index is 13.0. The minimum atomic E-state index is -3.93. The van der Waals surface area contributed by atoms with Gasteiger partial charge in [0.05, 0.1) is 11.2 Å². The molecule has 0 unspecified atom stereocenters. The summed E-state index contributed by atoms with van der Waals surface area (Å²) in [5, 5.41) is 2.49. The highest BCUT2D eigenvalue weighted by Gasteiger charge is 2.30. The molecule has 2 aromatic heterocycles. The molecule has 130 valence electrons. The normalized spacial score (nSPS) is 13.6. The highest BCUT2D eigenvalue weighted by molar-refractivity contribution is 7.91. The van der Waals surface area contributed by atoms with E-state index in [2.05, 4.69) is 10.3 Å². The van der Waals surface area contributed by atoms with E-state index in [0.29, 0.717) is 30.5 Å². The van der Waals surface area contributed by atoms with Crippen LogP contribution in [0, 0.1) is 0 Å². The topological polar surface area (TPSA) is 104 Å². The third kappa shape index (κ3) is 2.62. The number of benzene rings is 1. The Morgan fingerprint density at radius 1 is 1.12 bits per heavy atom. The van der Waals surface area contributed by atoms with Gasteiger partial charge in [-0.05, 0) is 24.3 Å². The Bertz CT molecular complexity index is 1010. The predicted octanol–water partition coefficient (Wildman–Crippen LogP) is 2.58. The highest BCUT2D eigenvalue weighted by Crippen LogP contribution is 2.36. The van der Waals surface area contributed by atoms with Gasteiger partial charge < -0.3 is 23.6 Å². The van der Waals surface area contributed by atoms with E-state index < -0.39 is 9.84 Å². The monoisotopic (exact) mass is 362 g/mol. The molecule has 1 aromatic carbocycles. The van der Waals surface area contributed by atoms with Crippen LogP contribution in [-0.2, 0) is 9.84 Å². The Balaban J connectivity index is 1.80. The van der Waals surface area contributed by atoms with Crippen LogP contribution >= 0.6 is 0 Å². The van der Waals surface area contributed by atoms with Crippen molar-refractivity contribution < 1.29 is 26.7 Å². The van der Waals surface area contributed by atoms with Crippen molar-refractivity contribution in [1.82, 2.24) is 4.98 Å². The molecule has 0 amide bonds. The van der Waals surface area contributed by atoms with Crippen LogP contribution in [0.15, 0.2) is 55.4 Å². The molecule has 0 radical (unpaired) electrons. The molecule has 0 aliphatic carbocycles. The summed E-state index contributed by atoms with van der Waals surface area (Å²) in [5.41, 5.74) is 0. The lowest BCUT2D eigenvalue weighted by atomic mass is 10.3. The molecule has 0 spiro atoms. The van der Waals surface area contributed by atoms with Crippen molar-refractivity contribution in [3.63, 3.8) is 0 Å². The van der Waals surface area contributed by atoms with E-state index in [0.717, 1.165) is 0 Å². The Labute approximate surface area is 143 Å². The van der Waals surface area contributed by atoms with Crippen molar-refractivity contribution in [3.8, 4) is 23.1 Å². The molecule has 4 rings (SSSR count). The molecular formula is C16H14N2O6S. The van der Waals surface area contributed by atoms with Gasteiger partial charge in [-0.2, -0.15) is 4.98 Å². The number of nitrogens with zero attached hydrogens (tertiary/aromatic N) is 1. The number of sulfone groups is 1. The Hall–Kier alpha value is -2.94. The molecular weight excluding hydrogens is 348 g/mol. The van der Waals surface area contributed by atoms with Crippen molar-refractivity contribution >= 4 is 15.7 Å². The van der Waals surface area contributed by atoms with Gasteiger partial charge in [0.2, 0.25) is 20.7 Å². The molecule has 25 heavy (non-hydrogen) atoms. The lowest BCUT2D eigenvalue weighted by Crippen LogP contribution is -2.16. The van der Waals surface area contributed by atoms with Crippen LogP contribution in [0.4, 0.5) is 5.88 Å². The number of furan rings is 1. The van der Waals surface area contributed by atoms with E-state index in [1.54, 1.807) is 25.2 Å². The van der Waals surface area contributed by atoms with E-state index in [1.807, 2.05) is 0 Å². The summed E-state index contributed by atoms with van der Waals surface area (Å²) in [6.07, 6.45) is 1.45. The summed E-state index contributed by atoms with van der Waals surface area (Å²) in [6.45, 7) is 0.795. The van der Waals surface area contributed by atoms with Gasteiger partial charge in [0.15, 0.2) is 17.3 Å². The second-order valence-electron chi connectivity index (χ2n) is 5.19. The SMILES string of the molecule is CNc1oc(-c2ccco2)nc1S(=O)(=O)c1ccc2c(c1)OCCO2. The summed E-state index contributed by atoms with van der Waals surface area (Å²) in [4.78, 5) is 4.14. The Morgan fingerprint density at radius 3 is 2.64 bits per heavy atom. The summed E-state index contributed by atoms with van der Waals surface area (Å²) in [6, 6.07) is 7.72. The quantitative estimate of drug-likeness (QED) is 0.755. The van der Waals surface area contributed by atoms with Gasteiger partial charge in [0.1, 0.15) is 13.2 Å². The molecule has 0 atom stereocenters. The number of ether oxygens (including phenoxy) is 2. The van der Waals surface area contributed by atoms with Crippen molar-refractivity contribution in [1.29, 1.82) is 0 Å². The minimum absolute atomic E-state index is 0.0290. The third-order valence-electron chi connectivity index (χ3n) is 3.63. The summed E-state index contributed by atoms with van der Waals surface area (Å²) in [5.74, 6) is 1.33. The number of oxazole rings is 1. The van der Waals surface area contributed by atoms with Crippen molar-refractivity contribution in [3.05, 3.63) is 36.6 Å². The van der Waals surface area contributed by atoms with Gasteiger partial charge in [-0.1, -0.05) is 0 Å².